The topological polar surface area (TPSA) is 93.4 Å². The highest BCUT2D eigenvalue weighted by Crippen LogP contribution is 2.38. The molecule has 5 rings (SSSR count). The summed E-state index contributed by atoms with van der Waals surface area (Å²) in [6, 6.07) is 13.6. The van der Waals surface area contributed by atoms with Crippen LogP contribution in [0.25, 0.3) is 10.2 Å². The molecular weight excluding hydrogens is 470 g/mol. The number of nitrogens with zero attached hydrogens (tertiary/aromatic N) is 3. The summed E-state index contributed by atoms with van der Waals surface area (Å²) < 4.78 is 1.73. The number of carbonyl (C=O) groups excluding carboxylic acids is 2. The van der Waals surface area contributed by atoms with Gasteiger partial charge in [-0.15, -0.1) is 11.3 Å². The van der Waals surface area contributed by atoms with E-state index in [-0.39, 0.29) is 16.8 Å². The van der Waals surface area contributed by atoms with E-state index < -0.39 is 16.7 Å². The minimum atomic E-state index is -0.684. The quantitative estimate of drug-likeness (QED) is 0.143. The van der Waals surface area contributed by atoms with Crippen molar-refractivity contribution in [2.75, 3.05) is 4.90 Å². The molecule has 2 amide bonds. The molecule has 0 bridgehead atoms. The van der Waals surface area contributed by atoms with E-state index in [1.165, 1.54) is 51.8 Å². The predicted octanol–water partition coefficient (Wildman–Crippen LogP) is 6.22. The van der Waals surface area contributed by atoms with Crippen LogP contribution in [0.5, 0.6) is 0 Å². The monoisotopic (exact) mass is 489 g/mol. The first-order chi connectivity index (χ1) is 16.2. The molecule has 1 aliphatic heterocycles. The summed E-state index contributed by atoms with van der Waals surface area (Å²) >= 11 is 3.15. The standard InChI is InChI=1S/C25H19N3O4S2/c1-13-9-14(2)18(15(3)10-13)12-33-25-26-19-8-7-16(11-21(19)34-25)27-23(29)17-5-4-6-20(28(31)32)22(17)24(27)30/h4-11H,12H2,1-3H3. The molecule has 0 spiro atoms. The Labute approximate surface area is 203 Å². The van der Waals surface area contributed by atoms with Crippen LogP contribution in [-0.4, -0.2) is 21.7 Å². The second kappa shape index (κ2) is 8.34. The summed E-state index contributed by atoms with van der Waals surface area (Å²) in [5, 5.41) is 11.4. The molecule has 0 atom stereocenters. The summed E-state index contributed by atoms with van der Waals surface area (Å²) in [6.45, 7) is 6.33. The molecule has 34 heavy (non-hydrogen) atoms. The number of thiazole rings is 1. The highest BCUT2D eigenvalue weighted by molar-refractivity contribution is 8.00. The van der Waals surface area contributed by atoms with E-state index in [0.29, 0.717) is 5.69 Å². The average molecular weight is 490 g/mol. The molecule has 0 aliphatic carbocycles. The molecule has 2 heterocycles. The molecule has 0 saturated heterocycles. The van der Waals surface area contributed by atoms with Gasteiger partial charge in [-0.2, -0.15) is 0 Å². The van der Waals surface area contributed by atoms with Crippen molar-refractivity contribution in [2.45, 2.75) is 30.9 Å². The Morgan fingerprint density at radius 2 is 1.76 bits per heavy atom. The number of carbonyl (C=O) groups is 2. The summed E-state index contributed by atoms with van der Waals surface area (Å²) in [7, 11) is 0. The van der Waals surface area contributed by atoms with Crippen molar-refractivity contribution in [3.63, 3.8) is 0 Å². The molecule has 0 saturated carbocycles. The van der Waals surface area contributed by atoms with Crippen LogP contribution in [-0.2, 0) is 5.75 Å². The zero-order valence-electron chi connectivity index (χ0n) is 18.6. The lowest BCUT2D eigenvalue weighted by molar-refractivity contribution is -0.385. The molecule has 0 unspecified atom stereocenters. The first kappa shape index (κ1) is 22.2. The molecule has 1 aliphatic rings. The predicted molar refractivity (Wildman–Crippen MR) is 134 cm³/mol. The van der Waals surface area contributed by atoms with E-state index >= 15 is 0 Å². The van der Waals surface area contributed by atoms with Crippen molar-refractivity contribution in [3.8, 4) is 0 Å². The number of aryl methyl sites for hydroxylation is 3. The van der Waals surface area contributed by atoms with E-state index in [4.69, 9.17) is 4.98 Å². The molecule has 170 valence electrons. The third-order valence-corrected chi connectivity index (χ3v) is 8.07. The van der Waals surface area contributed by atoms with Gasteiger partial charge in [0, 0.05) is 11.8 Å². The Hall–Kier alpha value is -3.56. The lowest BCUT2D eigenvalue weighted by atomic mass is 10.0. The minimum absolute atomic E-state index is 0.0451. The molecule has 7 nitrogen and oxygen atoms in total. The molecular formula is C25H19N3O4S2. The molecule has 3 aromatic carbocycles. The van der Waals surface area contributed by atoms with Crippen LogP contribution in [0.2, 0.25) is 0 Å². The maximum absolute atomic E-state index is 13.0. The first-order valence-electron chi connectivity index (χ1n) is 10.5. The number of fused-ring (bicyclic) bond motifs is 2. The molecule has 4 aromatic rings. The Morgan fingerprint density at radius 3 is 2.47 bits per heavy atom. The number of aromatic nitrogens is 1. The van der Waals surface area contributed by atoms with Crippen LogP contribution in [0, 0.1) is 30.9 Å². The summed E-state index contributed by atoms with van der Waals surface area (Å²) in [4.78, 5) is 42.4. The summed E-state index contributed by atoms with van der Waals surface area (Å²) in [5.41, 5.74) is 5.72. The normalized spacial score (nSPS) is 13.1. The molecule has 0 fully saturated rings. The number of rotatable bonds is 5. The number of hydrogen-bond acceptors (Lipinski definition) is 7. The van der Waals surface area contributed by atoms with Crippen LogP contribution in [0.4, 0.5) is 11.4 Å². The summed E-state index contributed by atoms with van der Waals surface area (Å²) in [6.07, 6.45) is 0. The van der Waals surface area contributed by atoms with Gasteiger partial charge < -0.3 is 0 Å². The van der Waals surface area contributed by atoms with Gasteiger partial charge in [0.2, 0.25) is 0 Å². The van der Waals surface area contributed by atoms with Crippen molar-refractivity contribution in [3.05, 3.63) is 92.0 Å². The highest BCUT2D eigenvalue weighted by Gasteiger charge is 2.41. The fourth-order valence-corrected chi connectivity index (χ4v) is 6.62. The van der Waals surface area contributed by atoms with Crippen molar-refractivity contribution < 1.29 is 14.5 Å². The Balaban J connectivity index is 1.44. The zero-order chi connectivity index (χ0) is 24.1. The maximum atomic E-state index is 13.0. The fourth-order valence-electron chi connectivity index (χ4n) is 4.32. The maximum Gasteiger partial charge on any atom is 0.283 e. The highest BCUT2D eigenvalue weighted by atomic mass is 32.2. The fraction of sp³-hybridized carbons (Fsp3) is 0.160. The van der Waals surface area contributed by atoms with Gasteiger partial charge in [0.15, 0.2) is 4.34 Å². The third-order valence-electron chi connectivity index (χ3n) is 5.88. The number of amides is 2. The zero-order valence-corrected chi connectivity index (χ0v) is 20.3. The van der Waals surface area contributed by atoms with Crippen LogP contribution in [0.15, 0.2) is 52.9 Å². The number of benzene rings is 3. The van der Waals surface area contributed by atoms with E-state index in [1.807, 2.05) is 0 Å². The van der Waals surface area contributed by atoms with Crippen LogP contribution in [0.1, 0.15) is 43.0 Å². The van der Waals surface area contributed by atoms with Gasteiger partial charge in [0.05, 0.1) is 26.4 Å². The average Bonchev–Trinajstić information content (AvgIpc) is 3.30. The summed E-state index contributed by atoms with van der Waals surface area (Å²) in [5.74, 6) is -0.448. The second-order valence-corrected chi connectivity index (χ2v) is 10.5. The van der Waals surface area contributed by atoms with Crippen LogP contribution >= 0.6 is 23.1 Å². The largest absolute Gasteiger partial charge is 0.283 e. The van der Waals surface area contributed by atoms with Crippen molar-refractivity contribution in [1.82, 2.24) is 4.98 Å². The Kier molecular flexibility index (Phi) is 5.45. The molecule has 0 N–H and O–H groups in total. The minimum Gasteiger partial charge on any atom is -0.268 e. The van der Waals surface area contributed by atoms with Crippen molar-refractivity contribution in [2.24, 2.45) is 0 Å². The smallest absolute Gasteiger partial charge is 0.268 e. The van der Waals surface area contributed by atoms with Gasteiger partial charge in [0.25, 0.3) is 17.5 Å². The van der Waals surface area contributed by atoms with E-state index in [2.05, 4.69) is 32.9 Å². The second-order valence-electron chi connectivity index (χ2n) is 8.20. The van der Waals surface area contributed by atoms with E-state index in [1.54, 1.807) is 30.0 Å². The van der Waals surface area contributed by atoms with Crippen molar-refractivity contribution >= 4 is 56.5 Å². The lowest BCUT2D eigenvalue weighted by Gasteiger charge is -2.13. The van der Waals surface area contributed by atoms with Gasteiger partial charge in [-0.25, -0.2) is 9.88 Å². The number of imide groups is 1. The number of thioether (sulfide) groups is 1. The molecule has 9 heteroatoms. The first-order valence-corrected chi connectivity index (χ1v) is 12.3. The number of anilines is 1. The molecule has 0 radical (unpaired) electrons. The van der Waals surface area contributed by atoms with E-state index in [9.17, 15) is 19.7 Å². The van der Waals surface area contributed by atoms with Gasteiger partial charge in [-0.05, 0) is 61.7 Å². The van der Waals surface area contributed by atoms with Gasteiger partial charge >= 0.3 is 0 Å². The SMILES string of the molecule is Cc1cc(C)c(CSc2nc3ccc(N4C(=O)c5cccc([N+](=O)[O-])c5C4=O)cc3s2)c(C)c1. The molecule has 1 aromatic heterocycles. The van der Waals surface area contributed by atoms with E-state index in [0.717, 1.165) is 25.2 Å². The van der Waals surface area contributed by atoms with Crippen LogP contribution in [0.3, 0.4) is 0 Å². The lowest BCUT2D eigenvalue weighted by Crippen LogP contribution is -2.29. The van der Waals surface area contributed by atoms with Crippen molar-refractivity contribution in [1.29, 1.82) is 0 Å². The van der Waals surface area contributed by atoms with Gasteiger partial charge in [-0.3, -0.25) is 19.7 Å². The van der Waals surface area contributed by atoms with Crippen LogP contribution < -0.4 is 4.90 Å². The number of nitro benzene ring substituents is 1. The number of hydrogen-bond donors (Lipinski definition) is 0. The Morgan fingerprint density at radius 1 is 1.03 bits per heavy atom. The van der Waals surface area contributed by atoms with Gasteiger partial charge in [0.1, 0.15) is 5.56 Å². The Bertz CT molecular complexity index is 1500. The third kappa shape index (κ3) is 3.66. The van der Waals surface area contributed by atoms with Gasteiger partial charge in [-0.1, -0.05) is 35.5 Å². The number of nitro groups is 1.